The second-order valence-electron chi connectivity index (χ2n) is 4.62. The minimum absolute atomic E-state index is 0.774. The van der Waals surface area contributed by atoms with Crippen LogP contribution in [0, 0.1) is 0 Å². The molecule has 0 amide bonds. The van der Waals surface area contributed by atoms with E-state index < -0.39 is 0 Å². The van der Waals surface area contributed by atoms with Crippen LogP contribution in [0.3, 0.4) is 0 Å². The van der Waals surface area contributed by atoms with E-state index in [2.05, 4.69) is 30.7 Å². The average molecular weight is 339 g/mol. The SMILES string of the molecule is Nc1ccc(SCc2nnc3n2CCCC3)c(Br)c1. The first-order chi connectivity index (χ1) is 9.24. The van der Waals surface area contributed by atoms with Crippen molar-refractivity contribution >= 4 is 33.4 Å². The van der Waals surface area contributed by atoms with Crippen molar-refractivity contribution in [2.24, 2.45) is 0 Å². The molecule has 0 aliphatic carbocycles. The number of hydrogen-bond donors (Lipinski definition) is 1. The van der Waals surface area contributed by atoms with Crippen LogP contribution in [0.15, 0.2) is 27.6 Å². The highest BCUT2D eigenvalue weighted by molar-refractivity contribution is 9.10. The summed E-state index contributed by atoms with van der Waals surface area (Å²) in [6.07, 6.45) is 3.52. The highest BCUT2D eigenvalue weighted by Crippen LogP contribution is 2.31. The average Bonchev–Trinajstić information content (AvgIpc) is 2.81. The molecule has 2 N–H and O–H groups in total. The highest BCUT2D eigenvalue weighted by Gasteiger charge is 2.15. The van der Waals surface area contributed by atoms with Gasteiger partial charge in [0.25, 0.3) is 0 Å². The molecule has 19 heavy (non-hydrogen) atoms. The first-order valence-electron chi connectivity index (χ1n) is 6.33. The second-order valence-corrected chi connectivity index (χ2v) is 6.49. The van der Waals surface area contributed by atoms with Crippen LogP contribution in [-0.2, 0) is 18.7 Å². The van der Waals surface area contributed by atoms with Gasteiger partial charge in [0.05, 0.1) is 5.75 Å². The second kappa shape index (κ2) is 5.54. The van der Waals surface area contributed by atoms with Gasteiger partial charge < -0.3 is 10.3 Å². The van der Waals surface area contributed by atoms with Gasteiger partial charge in [0.2, 0.25) is 0 Å². The molecular formula is C13H15BrN4S. The number of nitrogens with zero attached hydrogens (tertiary/aromatic N) is 3. The number of rotatable bonds is 3. The minimum atomic E-state index is 0.774. The van der Waals surface area contributed by atoms with Crippen LogP contribution in [0.1, 0.15) is 24.5 Å². The standard InChI is InChI=1S/C13H15BrN4S/c14-10-7-9(15)4-5-11(10)19-8-13-17-16-12-3-1-2-6-18(12)13/h4-5,7H,1-3,6,8,15H2. The van der Waals surface area contributed by atoms with Crippen LogP contribution in [0.2, 0.25) is 0 Å². The Bertz CT molecular complexity index is 596. The number of nitrogens with two attached hydrogens (primary N) is 1. The van der Waals surface area contributed by atoms with Crippen molar-refractivity contribution in [2.45, 2.75) is 36.5 Å². The predicted molar refractivity (Wildman–Crippen MR) is 81.1 cm³/mol. The van der Waals surface area contributed by atoms with E-state index >= 15 is 0 Å². The molecule has 0 saturated heterocycles. The maximum atomic E-state index is 5.74. The van der Waals surface area contributed by atoms with Gasteiger partial charge in [0, 0.05) is 28.0 Å². The molecule has 0 atom stereocenters. The van der Waals surface area contributed by atoms with Gasteiger partial charge in [-0.05, 0) is 47.0 Å². The third-order valence-corrected chi connectivity index (χ3v) is 5.24. The maximum absolute atomic E-state index is 5.74. The van der Waals surface area contributed by atoms with Crippen LogP contribution < -0.4 is 5.73 Å². The zero-order chi connectivity index (χ0) is 13.2. The number of benzene rings is 1. The summed E-state index contributed by atoms with van der Waals surface area (Å²) in [4.78, 5) is 1.18. The van der Waals surface area contributed by atoms with Crippen LogP contribution in [0.4, 0.5) is 5.69 Å². The molecule has 100 valence electrons. The molecule has 0 spiro atoms. The number of thioether (sulfide) groups is 1. The van der Waals surface area contributed by atoms with Crippen molar-refractivity contribution in [3.8, 4) is 0 Å². The third-order valence-electron chi connectivity index (χ3n) is 3.25. The van der Waals surface area contributed by atoms with Gasteiger partial charge >= 0.3 is 0 Å². The molecule has 1 aromatic carbocycles. The monoisotopic (exact) mass is 338 g/mol. The number of halogens is 1. The van der Waals surface area contributed by atoms with Gasteiger partial charge in [-0.25, -0.2) is 0 Å². The molecule has 0 radical (unpaired) electrons. The molecule has 1 aliphatic rings. The summed E-state index contributed by atoms with van der Waals surface area (Å²) >= 11 is 5.30. The Morgan fingerprint density at radius 1 is 1.32 bits per heavy atom. The van der Waals surface area contributed by atoms with Gasteiger partial charge in [-0.2, -0.15) is 0 Å². The molecule has 1 aliphatic heterocycles. The summed E-state index contributed by atoms with van der Waals surface area (Å²) < 4.78 is 3.30. The fourth-order valence-electron chi connectivity index (χ4n) is 2.25. The Balaban J connectivity index is 1.74. The zero-order valence-corrected chi connectivity index (χ0v) is 12.9. The smallest absolute Gasteiger partial charge is 0.143 e. The summed E-state index contributed by atoms with van der Waals surface area (Å²) in [5.74, 6) is 3.05. The van der Waals surface area contributed by atoms with Gasteiger partial charge in [-0.1, -0.05) is 0 Å². The largest absolute Gasteiger partial charge is 0.399 e. The van der Waals surface area contributed by atoms with Crippen LogP contribution in [-0.4, -0.2) is 14.8 Å². The quantitative estimate of drug-likeness (QED) is 0.689. The Hall–Kier alpha value is -1.01. The van der Waals surface area contributed by atoms with E-state index in [1.54, 1.807) is 11.8 Å². The normalized spacial score (nSPS) is 14.4. The lowest BCUT2D eigenvalue weighted by atomic mass is 10.2. The van der Waals surface area contributed by atoms with E-state index in [0.717, 1.165) is 40.5 Å². The number of hydrogen-bond acceptors (Lipinski definition) is 4. The van der Waals surface area contributed by atoms with E-state index in [1.807, 2.05) is 18.2 Å². The number of aryl methyl sites for hydroxylation is 1. The summed E-state index contributed by atoms with van der Waals surface area (Å²) in [5, 5.41) is 8.59. The van der Waals surface area contributed by atoms with E-state index in [9.17, 15) is 0 Å². The van der Waals surface area contributed by atoms with Gasteiger partial charge in [0.15, 0.2) is 0 Å². The molecule has 0 fully saturated rings. The van der Waals surface area contributed by atoms with Crippen molar-refractivity contribution < 1.29 is 0 Å². The van der Waals surface area contributed by atoms with E-state index in [-0.39, 0.29) is 0 Å². The van der Waals surface area contributed by atoms with Crippen molar-refractivity contribution in [1.29, 1.82) is 0 Å². The van der Waals surface area contributed by atoms with Gasteiger partial charge in [-0.3, -0.25) is 0 Å². The van der Waals surface area contributed by atoms with Crippen molar-refractivity contribution in [3.05, 3.63) is 34.3 Å². The highest BCUT2D eigenvalue weighted by atomic mass is 79.9. The molecule has 3 rings (SSSR count). The van der Waals surface area contributed by atoms with E-state index in [4.69, 9.17) is 5.73 Å². The molecule has 2 heterocycles. The maximum Gasteiger partial charge on any atom is 0.143 e. The number of nitrogen functional groups attached to an aromatic ring is 1. The Morgan fingerprint density at radius 2 is 2.21 bits per heavy atom. The first kappa shape index (κ1) is 13.0. The molecule has 6 heteroatoms. The number of fused-ring (bicyclic) bond motifs is 1. The Morgan fingerprint density at radius 3 is 3.05 bits per heavy atom. The number of aromatic nitrogens is 3. The summed E-state index contributed by atoms with van der Waals surface area (Å²) in [6, 6.07) is 5.89. The topological polar surface area (TPSA) is 56.7 Å². The lowest BCUT2D eigenvalue weighted by Crippen LogP contribution is -2.12. The molecule has 0 unspecified atom stereocenters. The van der Waals surface area contributed by atoms with Crippen LogP contribution in [0.25, 0.3) is 0 Å². The van der Waals surface area contributed by atoms with Crippen molar-refractivity contribution in [2.75, 3.05) is 5.73 Å². The van der Waals surface area contributed by atoms with E-state index in [1.165, 1.54) is 17.7 Å². The molecule has 2 aromatic rings. The van der Waals surface area contributed by atoms with Gasteiger partial charge in [0.1, 0.15) is 11.6 Å². The fourth-order valence-corrected chi connectivity index (χ4v) is 3.85. The zero-order valence-electron chi connectivity index (χ0n) is 10.5. The molecule has 0 bridgehead atoms. The van der Waals surface area contributed by atoms with Crippen LogP contribution >= 0.6 is 27.7 Å². The lowest BCUT2D eigenvalue weighted by molar-refractivity contribution is 0.513. The van der Waals surface area contributed by atoms with E-state index in [0.29, 0.717) is 0 Å². The molecular weight excluding hydrogens is 324 g/mol. The van der Waals surface area contributed by atoms with Crippen LogP contribution in [0.5, 0.6) is 0 Å². The van der Waals surface area contributed by atoms with Crippen molar-refractivity contribution in [1.82, 2.24) is 14.8 Å². The minimum Gasteiger partial charge on any atom is -0.399 e. The summed E-state index contributed by atoms with van der Waals surface area (Å²) in [5.41, 5.74) is 6.52. The van der Waals surface area contributed by atoms with Crippen molar-refractivity contribution in [3.63, 3.8) is 0 Å². The molecule has 4 nitrogen and oxygen atoms in total. The Kier molecular flexibility index (Phi) is 3.79. The Labute approximate surface area is 124 Å². The van der Waals surface area contributed by atoms with Gasteiger partial charge in [-0.15, -0.1) is 22.0 Å². The fraction of sp³-hybridized carbons (Fsp3) is 0.385. The number of anilines is 1. The summed E-state index contributed by atoms with van der Waals surface area (Å²) in [7, 11) is 0. The molecule has 0 saturated carbocycles. The summed E-state index contributed by atoms with van der Waals surface area (Å²) in [6.45, 7) is 1.06. The predicted octanol–water partition coefficient (Wildman–Crippen LogP) is 3.25. The third kappa shape index (κ3) is 2.79. The lowest BCUT2D eigenvalue weighted by Gasteiger charge is -2.14. The molecule has 1 aromatic heterocycles. The first-order valence-corrected chi connectivity index (χ1v) is 8.10.